The van der Waals surface area contributed by atoms with Gasteiger partial charge in [-0.15, -0.1) is 24.8 Å². The molecule has 0 saturated carbocycles. The van der Waals surface area contributed by atoms with E-state index in [1.54, 1.807) is 0 Å². The van der Waals surface area contributed by atoms with E-state index in [1.807, 2.05) is 0 Å². The summed E-state index contributed by atoms with van der Waals surface area (Å²) < 4.78 is 0. The third-order valence-corrected chi connectivity index (χ3v) is 1.56. The first-order chi connectivity index (χ1) is 4.74. The molecule has 1 amide bonds. The number of hydrogen-bond donors (Lipinski definition) is 1. The molecule has 0 aromatic carbocycles. The van der Waals surface area contributed by atoms with Gasteiger partial charge in [-0.2, -0.15) is 0 Å². The number of hydrogen-bond acceptors (Lipinski definition) is 3. The average Bonchev–Trinajstić information content (AvgIpc) is 2.34. The molecule has 1 saturated heterocycles. The van der Waals surface area contributed by atoms with Crippen molar-refractivity contribution >= 4 is 36.5 Å². The summed E-state index contributed by atoms with van der Waals surface area (Å²) in [6, 6.07) is 0. The second kappa shape index (κ2) is 6.22. The molecule has 1 aliphatic rings. The van der Waals surface area contributed by atoms with Crippen LogP contribution in [0.15, 0.2) is 0 Å². The number of amides is 1. The second-order valence-electron chi connectivity index (χ2n) is 2.31. The van der Waals surface area contributed by atoms with Gasteiger partial charge in [-0.3, -0.25) is 9.59 Å². The summed E-state index contributed by atoms with van der Waals surface area (Å²) in [7, 11) is 0. The fourth-order valence-corrected chi connectivity index (χ4v) is 0.973. The number of carbonyl (C=O) groups is 2. The van der Waals surface area contributed by atoms with E-state index in [4.69, 9.17) is 5.73 Å². The highest BCUT2D eigenvalue weighted by atomic mass is 35.5. The maximum absolute atomic E-state index is 10.8. The number of ketones is 1. The minimum Gasteiger partial charge on any atom is -0.334 e. The van der Waals surface area contributed by atoms with Gasteiger partial charge in [0, 0.05) is 13.0 Å². The normalized spacial score (nSPS) is 15.1. The zero-order chi connectivity index (χ0) is 7.56. The molecule has 72 valence electrons. The van der Waals surface area contributed by atoms with Gasteiger partial charge in [0.2, 0.25) is 5.91 Å². The van der Waals surface area contributed by atoms with Gasteiger partial charge >= 0.3 is 0 Å². The first kappa shape index (κ1) is 14.2. The van der Waals surface area contributed by atoms with Gasteiger partial charge in [-0.25, -0.2) is 0 Å². The number of halogens is 2. The highest BCUT2D eigenvalue weighted by Crippen LogP contribution is 2.02. The van der Waals surface area contributed by atoms with Crippen LogP contribution in [0.5, 0.6) is 0 Å². The third kappa shape index (κ3) is 3.38. The molecule has 1 rings (SSSR count). The summed E-state index contributed by atoms with van der Waals surface area (Å²) in [5, 5.41) is 0. The third-order valence-electron chi connectivity index (χ3n) is 1.56. The van der Waals surface area contributed by atoms with Crippen molar-refractivity contribution in [2.24, 2.45) is 5.73 Å². The zero-order valence-electron chi connectivity index (χ0n) is 6.49. The zero-order valence-corrected chi connectivity index (χ0v) is 8.12. The Bertz CT molecular complexity index is 175. The van der Waals surface area contributed by atoms with E-state index in [1.165, 1.54) is 4.90 Å². The van der Waals surface area contributed by atoms with Gasteiger partial charge in [0.15, 0.2) is 5.78 Å². The molecule has 0 aromatic rings. The van der Waals surface area contributed by atoms with E-state index < -0.39 is 0 Å². The molecule has 0 aromatic heterocycles. The van der Waals surface area contributed by atoms with Crippen molar-refractivity contribution in [3.8, 4) is 0 Å². The summed E-state index contributed by atoms with van der Waals surface area (Å²) in [5.41, 5.74) is 5.09. The molecule has 0 unspecified atom stereocenters. The van der Waals surface area contributed by atoms with Crippen molar-refractivity contribution in [3.05, 3.63) is 0 Å². The molecule has 1 aliphatic heterocycles. The molecular weight excluding hydrogens is 203 g/mol. The predicted octanol–water partition coefficient (Wildman–Crippen LogP) is -0.410. The number of Topliss-reactive ketones (excluding diaryl/α,β-unsaturated/α-hetero) is 1. The SMILES string of the molecule is Cl.Cl.NCC(=O)N1CCC(=O)C1. The lowest BCUT2D eigenvalue weighted by atomic mass is 10.4. The standard InChI is InChI=1S/C6H10N2O2.2ClH/c7-3-6(10)8-2-1-5(9)4-8;;/h1-4,7H2;2*1H. The Labute approximate surface area is 83.3 Å². The molecule has 0 spiro atoms. The number of nitrogens with zero attached hydrogens (tertiary/aromatic N) is 1. The molecule has 2 N–H and O–H groups in total. The Morgan fingerprint density at radius 3 is 2.42 bits per heavy atom. The van der Waals surface area contributed by atoms with Crippen LogP contribution in [-0.4, -0.2) is 36.2 Å². The van der Waals surface area contributed by atoms with Crippen LogP contribution in [0.25, 0.3) is 0 Å². The predicted molar refractivity (Wildman–Crippen MR) is 49.8 cm³/mol. The number of likely N-dealkylation sites (tertiary alicyclic amines) is 1. The van der Waals surface area contributed by atoms with Crippen molar-refractivity contribution in [1.82, 2.24) is 4.90 Å². The van der Waals surface area contributed by atoms with Crippen LogP contribution in [0.4, 0.5) is 0 Å². The van der Waals surface area contributed by atoms with E-state index in [0.29, 0.717) is 13.0 Å². The van der Waals surface area contributed by atoms with E-state index >= 15 is 0 Å². The Kier molecular flexibility index (Phi) is 7.37. The molecule has 0 bridgehead atoms. The average molecular weight is 215 g/mol. The smallest absolute Gasteiger partial charge is 0.236 e. The van der Waals surface area contributed by atoms with Crippen molar-refractivity contribution in [2.45, 2.75) is 6.42 Å². The van der Waals surface area contributed by atoms with Gasteiger partial charge in [0.05, 0.1) is 13.1 Å². The molecule has 0 atom stereocenters. The number of rotatable bonds is 1. The summed E-state index contributed by atoms with van der Waals surface area (Å²) in [4.78, 5) is 22.9. The van der Waals surface area contributed by atoms with Crippen molar-refractivity contribution in [1.29, 1.82) is 0 Å². The molecule has 4 nitrogen and oxygen atoms in total. The van der Waals surface area contributed by atoms with Crippen molar-refractivity contribution in [3.63, 3.8) is 0 Å². The van der Waals surface area contributed by atoms with Gasteiger partial charge in [-0.1, -0.05) is 0 Å². The first-order valence-electron chi connectivity index (χ1n) is 3.23. The van der Waals surface area contributed by atoms with Gasteiger partial charge in [0.25, 0.3) is 0 Å². The Morgan fingerprint density at radius 1 is 1.50 bits per heavy atom. The lowest BCUT2D eigenvalue weighted by Crippen LogP contribution is -2.34. The molecule has 1 heterocycles. The van der Waals surface area contributed by atoms with Crippen LogP contribution in [0.3, 0.4) is 0 Å². The molecule has 6 heteroatoms. The quantitative estimate of drug-likeness (QED) is 0.646. The summed E-state index contributed by atoms with van der Waals surface area (Å²) >= 11 is 0. The first-order valence-corrected chi connectivity index (χ1v) is 3.23. The van der Waals surface area contributed by atoms with Crippen LogP contribution in [-0.2, 0) is 9.59 Å². The Morgan fingerprint density at radius 2 is 2.08 bits per heavy atom. The van der Waals surface area contributed by atoms with E-state index in [0.717, 1.165) is 0 Å². The van der Waals surface area contributed by atoms with E-state index in [2.05, 4.69) is 0 Å². The highest BCUT2D eigenvalue weighted by molar-refractivity contribution is 5.89. The summed E-state index contributed by atoms with van der Waals surface area (Å²) in [6.07, 6.45) is 0.492. The molecule has 12 heavy (non-hydrogen) atoms. The van der Waals surface area contributed by atoms with Crippen LogP contribution >= 0.6 is 24.8 Å². The van der Waals surface area contributed by atoms with Crippen LogP contribution < -0.4 is 5.73 Å². The second-order valence-corrected chi connectivity index (χ2v) is 2.31. The molecule has 0 aliphatic carbocycles. The van der Waals surface area contributed by atoms with Crippen LogP contribution in [0.1, 0.15) is 6.42 Å². The maximum Gasteiger partial charge on any atom is 0.236 e. The number of carbonyl (C=O) groups excluding carboxylic acids is 2. The molecule has 0 radical (unpaired) electrons. The van der Waals surface area contributed by atoms with Crippen LogP contribution in [0, 0.1) is 0 Å². The topological polar surface area (TPSA) is 63.4 Å². The highest BCUT2D eigenvalue weighted by Gasteiger charge is 2.22. The lowest BCUT2D eigenvalue weighted by Gasteiger charge is -2.11. The van der Waals surface area contributed by atoms with Gasteiger partial charge in [-0.05, 0) is 0 Å². The summed E-state index contributed by atoms with van der Waals surface area (Å²) in [6.45, 7) is 0.818. The monoisotopic (exact) mass is 214 g/mol. The summed E-state index contributed by atoms with van der Waals surface area (Å²) in [5.74, 6) is -0.00681. The lowest BCUT2D eigenvalue weighted by molar-refractivity contribution is -0.130. The number of nitrogens with two attached hydrogens (primary N) is 1. The molecule has 1 fully saturated rings. The minimum absolute atomic E-state index is 0. The minimum atomic E-state index is -0.133. The van der Waals surface area contributed by atoms with Gasteiger partial charge < -0.3 is 10.6 Å². The largest absolute Gasteiger partial charge is 0.334 e. The molecular formula is C6H12Cl2N2O2. The van der Waals surface area contributed by atoms with E-state index in [9.17, 15) is 9.59 Å². The Hall–Kier alpha value is -0.320. The van der Waals surface area contributed by atoms with Crippen molar-refractivity contribution < 1.29 is 9.59 Å². The fourth-order valence-electron chi connectivity index (χ4n) is 0.973. The van der Waals surface area contributed by atoms with Crippen LogP contribution in [0.2, 0.25) is 0 Å². The van der Waals surface area contributed by atoms with E-state index in [-0.39, 0.29) is 49.6 Å². The van der Waals surface area contributed by atoms with Gasteiger partial charge in [0.1, 0.15) is 0 Å². The van der Waals surface area contributed by atoms with Crippen molar-refractivity contribution in [2.75, 3.05) is 19.6 Å². The fraction of sp³-hybridized carbons (Fsp3) is 0.667. The maximum atomic E-state index is 10.8. The Balaban J connectivity index is 0.